The van der Waals surface area contributed by atoms with E-state index in [2.05, 4.69) is 31.2 Å². The van der Waals surface area contributed by atoms with Crippen LogP contribution < -0.4 is 0 Å². The first-order chi connectivity index (χ1) is 14.2. The Hall–Kier alpha value is -2.35. The molecule has 0 aliphatic heterocycles. The van der Waals surface area contributed by atoms with Gasteiger partial charge in [-0.3, -0.25) is 0 Å². The lowest BCUT2D eigenvalue weighted by Crippen LogP contribution is -2.13. The van der Waals surface area contributed by atoms with Crippen LogP contribution in [0.25, 0.3) is 21.9 Å². The van der Waals surface area contributed by atoms with Gasteiger partial charge in [-0.2, -0.15) is 0 Å². The molecule has 0 unspecified atom stereocenters. The van der Waals surface area contributed by atoms with Crippen molar-refractivity contribution in [2.24, 2.45) is 5.92 Å². The number of hydrogen-bond acceptors (Lipinski definition) is 1. The van der Waals surface area contributed by atoms with Crippen LogP contribution in [0.4, 0.5) is 4.39 Å². The second-order valence-corrected chi connectivity index (χ2v) is 8.67. The van der Waals surface area contributed by atoms with Crippen LogP contribution in [0.1, 0.15) is 69.8 Å². The van der Waals surface area contributed by atoms with Crippen molar-refractivity contribution >= 4 is 10.8 Å². The van der Waals surface area contributed by atoms with E-state index in [1.165, 1.54) is 63.0 Å². The minimum atomic E-state index is -0.547. The number of halogens is 1. The lowest BCUT2D eigenvalue weighted by atomic mass is 9.77. The Morgan fingerprint density at radius 2 is 1.59 bits per heavy atom. The summed E-state index contributed by atoms with van der Waals surface area (Å²) in [4.78, 5) is 0. The van der Waals surface area contributed by atoms with E-state index >= 15 is 0 Å². The van der Waals surface area contributed by atoms with E-state index in [1.54, 1.807) is 12.1 Å². The fourth-order valence-electron chi connectivity index (χ4n) is 4.88. The van der Waals surface area contributed by atoms with Crippen molar-refractivity contribution in [1.29, 1.82) is 0 Å². The Morgan fingerprint density at radius 3 is 2.31 bits per heavy atom. The van der Waals surface area contributed by atoms with E-state index in [9.17, 15) is 9.50 Å². The van der Waals surface area contributed by atoms with E-state index in [-0.39, 0.29) is 5.75 Å². The SMILES string of the molecule is CCCCCC1CCC(c2ccc(-c3ccc4c(F)c(O)ccc4c3)cc2)CC1. The molecule has 0 atom stereocenters. The summed E-state index contributed by atoms with van der Waals surface area (Å²) in [6.07, 6.45) is 10.9. The van der Waals surface area contributed by atoms with Crippen LogP contribution in [0.2, 0.25) is 0 Å². The minimum absolute atomic E-state index is 0.297. The zero-order chi connectivity index (χ0) is 20.2. The van der Waals surface area contributed by atoms with E-state index in [0.29, 0.717) is 11.3 Å². The van der Waals surface area contributed by atoms with Crippen molar-refractivity contribution in [3.63, 3.8) is 0 Å². The molecule has 29 heavy (non-hydrogen) atoms. The summed E-state index contributed by atoms with van der Waals surface area (Å²) >= 11 is 0. The fraction of sp³-hybridized carbons (Fsp3) is 0.407. The smallest absolute Gasteiger partial charge is 0.172 e. The molecule has 0 spiro atoms. The van der Waals surface area contributed by atoms with Gasteiger partial charge in [0, 0.05) is 5.39 Å². The van der Waals surface area contributed by atoms with Crippen LogP contribution in [0.15, 0.2) is 54.6 Å². The zero-order valence-corrected chi connectivity index (χ0v) is 17.3. The van der Waals surface area contributed by atoms with Gasteiger partial charge in [0.15, 0.2) is 11.6 Å². The maximum atomic E-state index is 14.1. The van der Waals surface area contributed by atoms with Crippen molar-refractivity contribution in [2.45, 2.75) is 64.2 Å². The number of unbranched alkanes of at least 4 members (excludes halogenated alkanes) is 2. The van der Waals surface area contributed by atoms with Crippen molar-refractivity contribution in [3.8, 4) is 16.9 Å². The van der Waals surface area contributed by atoms with Gasteiger partial charge < -0.3 is 5.11 Å². The number of benzene rings is 3. The molecular formula is C27H31FO. The van der Waals surface area contributed by atoms with Crippen LogP contribution in [-0.4, -0.2) is 5.11 Å². The molecule has 0 heterocycles. The number of rotatable bonds is 6. The first kappa shape index (κ1) is 19.9. The molecule has 1 aliphatic rings. The van der Waals surface area contributed by atoms with E-state index in [0.717, 1.165) is 22.4 Å². The first-order valence-corrected chi connectivity index (χ1v) is 11.2. The molecule has 1 aliphatic carbocycles. The number of aromatic hydroxyl groups is 1. The van der Waals surface area contributed by atoms with Gasteiger partial charge in [-0.05, 0) is 71.7 Å². The van der Waals surface area contributed by atoms with Crippen LogP contribution in [-0.2, 0) is 0 Å². The molecule has 0 aromatic heterocycles. The average molecular weight is 391 g/mol. The Kier molecular flexibility index (Phi) is 6.18. The van der Waals surface area contributed by atoms with Crippen molar-refractivity contribution in [1.82, 2.24) is 0 Å². The third kappa shape index (κ3) is 4.47. The molecule has 1 nitrogen and oxygen atoms in total. The maximum Gasteiger partial charge on any atom is 0.172 e. The van der Waals surface area contributed by atoms with Gasteiger partial charge in [-0.25, -0.2) is 4.39 Å². The lowest BCUT2D eigenvalue weighted by Gasteiger charge is -2.29. The van der Waals surface area contributed by atoms with E-state index < -0.39 is 5.82 Å². The fourth-order valence-corrected chi connectivity index (χ4v) is 4.88. The van der Waals surface area contributed by atoms with Gasteiger partial charge in [-0.1, -0.05) is 75.1 Å². The summed E-state index contributed by atoms with van der Waals surface area (Å²) < 4.78 is 14.1. The van der Waals surface area contributed by atoms with Gasteiger partial charge in [0.1, 0.15) is 0 Å². The van der Waals surface area contributed by atoms with Crippen LogP contribution in [0, 0.1) is 11.7 Å². The number of phenols is 1. The molecule has 0 radical (unpaired) electrons. The van der Waals surface area contributed by atoms with Crippen LogP contribution >= 0.6 is 0 Å². The van der Waals surface area contributed by atoms with Gasteiger partial charge >= 0.3 is 0 Å². The highest BCUT2D eigenvalue weighted by Crippen LogP contribution is 2.38. The number of phenolic OH excluding ortho intramolecular Hbond substituents is 1. The quantitative estimate of drug-likeness (QED) is 0.420. The standard InChI is InChI=1S/C27H31FO/c1-2-3-4-5-19-6-8-20(9-7-19)21-10-12-22(13-11-21)23-14-16-25-24(18-23)15-17-26(29)27(25)28/h10-20,29H,2-9H2,1H3. The van der Waals surface area contributed by atoms with Crippen molar-refractivity contribution in [3.05, 3.63) is 66.0 Å². The Bertz CT molecular complexity index is 952. The van der Waals surface area contributed by atoms with Crippen LogP contribution in [0.3, 0.4) is 0 Å². The molecule has 2 heteroatoms. The average Bonchev–Trinajstić information content (AvgIpc) is 2.77. The van der Waals surface area contributed by atoms with Gasteiger partial charge in [0.05, 0.1) is 0 Å². The summed E-state index contributed by atoms with van der Waals surface area (Å²) in [6.45, 7) is 2.28. The minimum Gasteiger partial charge on any atom is -0.505 e. The molecular weight excluding hydrogens is 359 g/mol. The topological polar surface area (TPSA) is 20.2 Å². The van der Waals surface area contributed by atoms with Gasteiger partial charge in [0.2, 0.25) is 0 Å². The predicted octanol–water partition coefficient (Wildman–Crippen LogP) is 8.21. The maximum absolute atomic E-state index is 14.1. The Labute approximate surface area is 173 Å². The highest BCUT2D eigenvalue weighted by Gasteiger charge is 2.22. The molecule has 152 valence electrons. The molecule has 3 aromatic rings. The summed E-state index contributed by atoms with van der Waals surface area (Å²) in [6, 6.07) is 17.8. The first-order valence-electron chi connectivity index (χ1n) is 11.2. The summed E-state index contributed by atoms with van der Waals surface area (Å²) in [5.74, 6) is 0.791. The molecule has 3 aromatic carbocycles. The molecule has 1 N–H and O–H groups in total. The second-order valence-electron chi connectivity index (χ2n) is 8.67. The highest BCUT2D eigenvalue weighted by atomic mass is 19.1. The van der Waals surface area contributed by atoms with Gasteiger partial charge in [0.25, 0.3) is 0 Å². The molecule has 1 saturated carbocycles. The largest absolute Gasteiger partial charge is 0.505 e. The molecule has 0 saturated heterocycles. The predicted molar refractivity (Wildman–Crippen MR) is 120 cm³/mol. The molecule has 0 amide bonds. The third-order valence-corrected chi connectivity index (χ3v) is 6.71. The monoisotopic (exact) mass is 390 g/mol. The van der Waals surface area contributed by atoms with Crippen molar-refractivity contribution in [2.75, 3.05) is 0 Å². The summed E-state index contributed by atoms with van der Waals surface area (Å²) in [5.41, 5.74) is 3.68. The third-order valence-electron chi connectivity index (χ3n) is 6.71. The van der Waals surface area contributed by atoms with E-state index in [4.69, 9.17) is 0 Å². The molecule has 4 rings (SSSR count). The lowest BCUT2D eigenvalue weighted by molar-refractivity contribution is 0.303. The van der Waals surface area contributed by atoms with Crippen molar-refractivity contribution < 1.29 is 9.50 Å². The van der Waals surface area contributed by atoms with Crippen LogP contribution in [0.5, 0.6) is 5.75 Å². The van der Waals surface area contributed by atoms with E-state index in [1.807, 2.05) is 12.1 Å². The summed E-state index contributed by atoms with van der Waals surface area (Å²) in [5, 5.41) is 10.8. The summed E-state index contributed by atoms with van der Waals surface area (Å²) in [7, 11) is 0. The Balaban J connectivity index is 1.43. The van der Waals surface area contributed by atoms with Gasteiger partial charge in [-0.15, -0.1) is 0 Å². The normalized spacial score (nSPS) is 19.5. The number of fused-ring (bicyclic) bond motifs is 1. The number of hydrogen-bond donors (Lipinski definition) is 1. The highest BCUT2D eigenvalue weighted by molar-refractivity contribution is 5.89. The Morgan fingerprint density at radius 1 is 0.862 bits per heavy atom. The second kappa shape index (κ2) is 8.98. The zero-order valence-electron chi connectivity index (χ0n) is 17.3. The molecule has 1 fully saturated rings. The molecule has 0 bridgehead atoms.